The molecule has 180 valence electrons. The summed E-state index contributed by atoms with van der Waals surface area (Å²) in [4.78, 5) is 29.1. The van der Waals surface area contributed by atoms with Gasteiger partial charge < -0.3 is 21.1 Å². The molecule has 0 radical (unpaired) electrons. The Bertz CT molecular complexity index is 1280. The average Bonchev–Trinajstić information content (AvgIpc) is 3.50. The number of ketones is 2. The number of rotatable bonds is 12. The zero-order chi connectivity index (χ0) is 24.7. The second kappa shape index (κ2) is 11.1. The van der Waals surface area contributed by atoms with Crippen LogP contribution in [0.2, 0.25) is 0 Å². The summed E-state index contributed by atoms with van der Waals surface area (Å²) in [5.74, 6) is -1.47. The molecular weight excluding hydrogens is 482 g/mol. The Morgan fingerprint density at radius 1 is 1.18 bits per heavy atom. The molecule has 0 saturated heterocycles. The van der Waals surface area contributed by atoms with Crippen LogP contribution in [0.5, 0.6) is 0 Å². The summed E-state index contributed by atoms with van der Waals surface area (Å²) in [5.41, 5.74) is 12.8. The van der Waals surface area contributed by atoms with Crippen molar-refractivity contribution in [1.29, 1.82) is 0 Å². The Morgan fingerprint density at radius 2 is 1.97 bits per heavy atom. The number of anilines is 1. The van der Waals surface area contributed by atoms with Crippen molar-refractivity contribution in [3.05, 3.63) is 59.0 Å². The number of furan rings is 1. The number of nitrogens with one attached hydrogen (secondary N) is 2. The van der Waals surface area contributed by atoms with Gasteiger partial charge in [0, 0.05) is 12.1 Å². The maximum Gasteiger partial charge on any atom is 0.261 e. The van der Waals surface area contributed by atoms with E-state index in [4.69, 9.17) is 15.9 Å². The molecule has 0 aliphatic rings. The number of aliphatic imine (C=N–C) groups is 1. The molecule has 1 atom stereocenters. The largest absolute Gasteiger partial charge is 0.464 e. The van der Waals surface area contributed by atoms with E-state index in [0.717, 1.165) is 11.3 Å². The van der Waals surface area contributed by atoms with E-state index in [0.29, 0.717) is 17.7 Å². The third kappa shape index (κ3) is 6.08. The Kier molecular flexibility index (Phi) is 8.17. The highest BCUT2D eigenvalue weighted by atomic mass is 32.2. The molecule has 11 nitrogen and oxygen atoms in total. The summed E-state index contributed by atoms with van der Waals surface area (Å²) in [6.07, 6.45) is 1.89. The second-order valence-electron chi connectivity index (χ2n) is 7.10. The standard InChI is InChI=1S/C21H23N5O6S2/c22-21(23)24-9-2-6-15(25-29)18(27)19(28)20-16(8-11-33-20)26-34(30,31)14-5-1-4-13(12-14)17-7-3-10-32-17/h1,3-5,7-8,10-12,15,25-26,29H,2,6,9H2,(H4,22,23,24)/t15-/m0/s1. The molecule has 7 N–H and O–H groups in total. The van der Waals surface area contributed by atoms with E-state index in [-0.39, 0.29) is 34.4 Å². The van der Waals surface area contributed by atoms with Crippen LogP contribution in [-0.2, 0) is 14.8 Å². The highest BCUT2D eigenvalue weighted by molar-refractivity contribution is 7.92. The molecule has 0 spiro atoms. The van der Waals surface area contributed by atoms with Crippen LogP contribution >= 0.6 is 11.3 Å². The van der Waals surface area contributed by atoms with E-state index >= 15 is 0 Å². The Balaban J connectivity index is 1.76. The lowest BCUT2D eigenvalue weighted by atomic mass is 10.0. The molecule has 3 rings (SSSR count). The fraction of sp³-hybridized carbons (Fsp3) is 0.190. The van der Waals surface area contributed by atoms with E-state index < -0.39 is 27.6 Å². The molecule has 34 heavy (non-hydrogen) atoms. The number of nitrogens with zero attached hydrogens (tertiary/aromatic N) is 1. The van der Waals surface area contributed by atoms with E-state index in [2.05, 4.69) is 9.71 Å². The molecule has 0 aliphatic heterocycles. The first-order valence-corrected chi connectivity index (χ1v) is 12.4. The number of hydrogen-bond acceptors (Lipinski definition) is 9. The fourth-order valence-corrected chi connectivity index (χ4v) is 5.03. The van der Waals surface area contributed by atoms with Crippen LogP contribution in [0.1, 0.15) is 22.5 Å². The first-order chi connectivity index (χ1) is 16.2. The van der Waals surface area contributed by atoms with Gasteiger partial charge in [0.05, 0.1) is 22.9 Å². The minimum absolute atomic E-state index is 0.0380. The van der Waals surface area contributed by atoms with Gasteiger partial charge in [-0.15, -0.1) is 11.3 Å². The molecule has 1 aromatic carbocycles. The third-order valence-corrected chi connectivity index (χ3v) is 6.98. The molecule has 13 heteroatoms. The van der Waals surface area contributed by atoms with Gasteiger partial charge in [-0.3, -0.25) is 19.3 Å². The first kappa shape index (κ1) is 25.1. The number of nitrogens with two attached hydrogens (primary N) is 2. The molecule has 0 aliphatic carbocycles. The molecule has 0 unspecified atom stereocenters. The Hall–Kier alpha value is -3.52. The fourth-order valence-electron chi connectivity index (χ4n) is 3.06. The number of benzene rings is 1. The molecular formula is C21H23N5O6S2. The average molecular weight is 506 g/mol. The van der Waals surface area contributed by atoms with Crippen molar-refractivity contribution in [3.63, 3.8) is 0 Å². The normalized spacial score (nSPS) is 12.1. The second-order valence-corrected chi connectivity index (χ2v) is 9.70. The highest BCUT2D eigenvalue weighted by Crippen LogP contribution is 2.28. The molecule has 3 aromatic rings. The number of hydroxylamine groups is 1. The molecule has 0 bridgehead atoms. The van der Waals surface area contributed by atoms with Crippen molar-refractivity contribution in [3.8, 4) is 11.3 Å². The molecule has 0 saturated carbocycles. The van der Waals surface area contributed by atoms with E-state index in [1.807, 2.05) is 5.48 Å². The van der Waals surface area contributed by atoms with E-state index in [1.165, 1.54) is 29.8 Å². The van der Waals surface area contributed by atoms with Gasteiger partial charge in [0.15, 0.2) is 5.96 Å². The molecule has 0 amide bonds. The van der Waals surface area contributed by atoms with Crippen LogP contribution in [-0.4, -0.2) is 43.7 Å². The maximum atomic E-state index is 13.0. The predicted octanol–water partition coefficient (Wildman–Crippen LogP) is 1.96. The lowest BCUT2D eigenvalue weighted by Gasteiger charge is -2.13. The number of Topliss-reactive ketones (excluding diaryl/α,β-unsaturated/α-hetero) is 2. The lowest BCUT2D eigenvalue weighted by molar-refractivity contribution is -0.119. The Morgan fingerprint density at radius 3 is 2.65 bits per heavy atom. The number of carbonyl (C=O) groups excluding carboxylic acids is 2. The number of thiophene rings is 1. The van der Waals surface area contributed by atoms with Crippen LogP contribution in [0.25, 0.3) is 11.3 Å². The van der Waals surface area contributed by atoms with Gasteiger partial charge in [0.2, 0.25) is 11.6 Å². The van der Waals surface area contributed by atoms with Gasteiger partial charge in [-0.25, -0.2) is 8.42 Å². The highest BCUT2D eigenvalue weighted by Gasteiger charge is 2.29. The van der Waals surface area contributed by atoms with Gasteiger partial charge in [-0.1, -0.05) is 12.1 Å². The number of carbonyl (C=O) groups is 2. The predicted molar refractivity (Wildman–Crippen MR) is 127 cm³/mol. The number of sulfonamides is 1. The Labute approximate surface area is 199 Å². The summed E-state index contributed by atoms with van der Waals surface area (Å²) in [6.45, 7) is 0.211. The monoisotopic (exact) mass is 505 g/mol. The van der Waals surface area contributed by atoms with Crippen LogP contribution in [0.15, 0.2) is 68.4 Å². The zero-order valence-corrected chi connectivity index (χ0v) is 19.4. The van der Waals surface area contributed by atoms with Crippen LogP contribution in [0.3, 0.4) is 0 Å². The molecule has 2 aromatic heterocycles. The van der Waals surface area contributed by atoms with Crippen molar-refractivity contribution >= 4 is 44.6 Å². The minimum Gasteiger partial charge on any atom is -0.464 e. The van der Waals surface area contributed by atoms with Gasteiger partial charge in [0.1, 0.15) is 10.6 Å². The van der Waals surface area contributed by atoms with Crippen LogP contribution in [0.4, 0.5) is 5.69 Å². The SMILES string of the molecule is NC(N)=NCCC[C@H](NO)C(=O)C(=O)c1sccc1NS(=O)(=O)c1cccc(-c2ccco2)c1. The first-order valence-electron chi connectivity index (χ1n) is 10.0. The maximum absolute atomic E-state index is 13.0. The summed E-state index contributed by atoms with van der Waals surface area (Å²) < 4.78 is 33.6. The summed E-state index contributed by atoms with van der Waals surface area (Å²) in [5, 5.41) is 10.8. The van der Waals surface area contributed by atoms with Gasteiger partial charge in [-0.05, 0) is 48.6 Å². The third-order valence-electron chi connectivity index (χ3n) is 4.71. The van der Waals surface area contributed by atoms with Crippen molar-refractivity contribution in [2.75, 3.05) is 11.3 Å². The van der Waals surface area contributed by atoms with Crippen molar-refractivity contribution < 1.29 is 27.6 Å². The van der Waals surface area contributed by atoms with Crippen molar-refractivity contribution in [2.24, 2.45) is 16.5 Å². The topological polar surface area (TPSA) is 190 Å². The summed E-state index contributed by atoms with van der Waals surface area (Å²) in [7, 11) is -4.08. The summed E-state index contributed by atoms with van der Waals surface area (Å²) in [6, 6.07) is 9.67. The van der Waals surface area contributed by atoms with Gasteiger partial charge in [0.25, 0.3) is 10.0 Å². The lowest BCUT2D eigenvalue weighted by Crippen LogP contribution is -2.39. The zero-order valence-electron chi connectivity index (χ0n) is 17.8. The molecule has 2 heterocycles. The summed E-state index contributed by atoms with van der Waals surface area (Å²) >= 11 is 0.907. The smallest absolute Gasteiger partial charge is 0.261 e. The van der Waals surface area contributed by atoms with Crippen LogP contribution in [0, 0.1) is 0 Å². The molecule has 0 fully saturated rings. The van der Waals surface area contributed by atoms with Crippen molar-refractivity contribution in [1.82, 2.24) is 5.48 Å². The quantitative estimate of drug-likeness (QED) is 0.0611. The van der Waals surface area contributed by atoms with Gasteiger partial charge >= 0.3 is 0 Å². The van der Waals surface area contributed by atoms with E-state index in [1.54, 1.807) is 24.3 Å². The van der Waals surface area contributed by atoms with E-state index in [9.17, 15) is 23.2 Å². The van der Waals surface area contributed by atoms with Gasteiger partial charge in [-0.2, -0.15) is 5.48 Å². The van der Waals surface area contributed by atoms with Crippen LogP contribution < -0.4 is 21.7 Å². The number of hydrogen-bond donors (Lipinski definition) is 5. The van der Waals surface area contributed by atoms with Crippen molar-refractivity contribution in [2.45, 2.75) is 23.8 Å². The number of guanidine groups is 1. The minimum atomic E-state index is -4.08.